The van der Waals surface area contributed by atoms with Crippen LogP contribution in [0.15, 0.2) is 36.4 Å². The quantitative estimate of drug-likeness (QED) is 0.819. The lowest BCUT2D eigenvalue weighted by Gasteiger charge is -1.98. The van der Waals surface area contributed by atoms with Crippen molar-refractivity contribution >= 4 is 15.9 Å². The van der Waals surface area contributed by atoms with E-state index in [2.05, 4.69) is 0 Å². The molecule has 0 saturated heterocycles. The molecule has 0 aromatic heterocycles. The van der Waals surface area contributed by atoms with E-state index in [1.165, 1.54) is 0 Å². The maximum Gasteiger partial charge on any atom is 0.153 e. The van der Waals surface area contributed by atoms with Gasteiger partial charge in [-0.15, -0.1) is 0 Å². The molecule has 1 aromatic carbocycles. The van der Waals surface area contributed by atoms with Crippen LogP contribution in [0.1, 0.15) is 12.0 Å². The minimum absolute atomic E-state index is 0.0297. The lowest BCUT2D eigenvalue weighted by molar-refractivity contribution is 0.295. The van der Waals surface area contributed by atoms with Gasteiger partial charge in [0.2, 0.25) is 0 Å². The molecule has 0 saturated carbocycles. The molecule has 1 aromatic rings. The highest BCUT2D eigenvalue weighted by Gasteiger charge is 2.06. The average Bonchev–Trinajstić information content (AvgIpc) is 2.28. The topological polar surface area (TPSA) is 54.4 Å². The van der Waals surface area contributed by atoms with Crippen LogP contribution in [0.3, 0.4) is 0 Å². The summed E-state index contributed by atoms with van der Waals surface area (Å²) in [7, 11) is -3.06. The predicted molar refractivity (Wildman–Crippen MR) is 65.8 cm³/mol. The zero-order chi connectivity index (χ0) is 11.9. The first-order valence-corrected chi connectivity index (χ1v) is 6.99. The summed E-state index contributed by atoms with van der Waals surface area (Å²) in [6, 6.07) is 9.54. The minimum Gasteiger partial charge on any atom is -0.396 e. The highest BCUT2D eigenvalue weighted by Crippen LogP contribution is 2.02. The molecule has 3 nitrogen and oxygen atoms in total. The van der Waals surface area contributed by atoms with Gasteiger partial charge < -0.3 is 5.11 Å². The van der Waals surface area contributed by atoms with Crippen molar-refractivity contribution in [2.45, 2.75) is 6.42 Å². The third-order valence-electron chi connectivity index (χ3n) is 2.07. The standard InChI is InChI=1S/C12H16O3S/c13-9-5-11-16(14,15)10-4-8-12-6-2-1-3-7-12/h1-4,6-8,13H,5,9-11H2. The van der Waals surface area contributed by atoms with Crippen molar-refractivity contribution in [2.75, 3.05) is 18.1 Å². The molecule has 0 radical (unpaired) electrons. The number of sulfone groups is 1. The molecule has 0 spiro atoms. The third kappa shape index (κ3) is 5.09. The molecule has 0 aliphatic rings. The van der Waals surface area contributed by atoms with Crippen LogP contribution < -0.4 is 0 Å². The van der Waals surface area contributed by atoms with Crippen LogP contribution in [-0.4, -0.2) is 31.6 Å². The van der Waals surface area contributed by atoms with Gasteiger partial charge >= 0.3 is 0 Å². The van der Waals surface area contributed by atoms with Gasteiger partial charge in [-0.25, -0.2) is 8.42 Å². The van der Waals surface area contributed by atoms with E-state index in [0.29, 0.717) is 6.42 Å². The number of hydrogen-bond acceptors (Lipinski definition) is 3. The fraction of sp³-hybridized carbons (Fsp3) is 0.333. The van der Waals surface area contributed by atoms with Crippen LogP contribution >= 0.6 is 0 Å². The average molecular weight is 240 g/mol. The van der Waals surface area contributed by atoms with Crippen molar-refractivity contribution in [1.82, 2.24) is 0 Å². The van der Waals surface area contributed by atoms with Crippen LogP contribution in [0.2, 0.25) is 0 Å². The SMILES string of the molecule is O=S(=O)(CC=Cc1ccccc1)CCCO. The van der Waals surface area contributed by atoms with E-state index >= 15 is 0 Å². The van der Waals surface area contributed by atoms with Gasteiger partial charge in [0.15, 0.2) is 9.84 Å². The normalized spacial score (nSPS) is 12.1. The van der Waals surface area contributed by atoms with Crippen molar-refractivity contribution in [3.05, 3.63) is 42.0 Å². The summed E-state index contributed by atoms with van der Waals surface area (Å²) in [5.41, 5.74) is 0.986. The van der Waals surface area contributed by atoms with Crippen LogP contribution in [0.4, 0.5) is 0 Å². The molecule has 0 fully saturated rings. The Hall–Kier alpha value is -1.13. The van der Waals surface area contributed by atoms with Gasteiger partial charge in [-0.3, -0.25) is 0 Å². The van der Waals surface area contributed by atoms with Gasteiger partial charge in [0.1, 0.15) is 0 Å². The predicted octanol–water partition coefficient (Wildman–Crippen LogP) is 1.50. The second kappa shape index (κ2) is 6.45. The Morgan fingerprint density at radius 3 is 2.50 bits per heavy atom. The maximum absolute atomic E-state index is 11.4. The largest absolute Gasteiger partial charge is 0.396 e. The first-order chi connectivity index (χ1) is 7.64. The highest BCUT2D eigenvalue weighted by atomic mass is 32.2. The molecule has 0 amide bonds. The zero-order valence-corrected chi connectivity index (χ0v) is 9.86. The molecule has 0 aliphatic heterocycles. The van der Waals surface area contributed by atoms with Crippen molar-refractivity contribution in [1.29, 1.82) is 0 Å². The maximum atomic E-state index is 11.4. The smallest absolute Gasteiger partial charge is 0.153 e. The summed E-state index contributed by atoms with van der Waals surface area (Å²) >= 11 is 0. The Morgan fingerprint density at radius 1 is 1.19 bits per heavy atom. The van der Waals surface area contributed by atoms with Crippen molar-refractivity contribution in [3.63, 3.8) is 0 Å². The van der Waals surface area contributed by atoms with Crippen LogP contribution in [-0.2, 0) is 9.84 Å². The molecule has 88 valence electrons. The van der Waals surface area contributed by atoms with Crippen molar-refractivity contribution in [3.8, 4) is 0 Å². The van der Waals surface area contributed by atoms with Crippen molar-refractivity contribution in [2.24, 2.45) is 0 Å². The summed E-state index contributed by atoms with van der Waals surface area (Å²) in [6.07, 6.45) is 3.74. The minimum atomic E-state index is -3.06. The van der Waals surface area contributed by atoms with Gasteiger partial charge in [-0.05, 0) is 12.0 Å². The van der Waals surface area contributed by atoms with Crippen LogP contribution in [0, 0.1) is 0 Å². The molecule has 0 heterocycles. The van der Waals surface area contributed by atoms with E-state index in [9.17, 15) is 8.42 Å². The number of rotatable bonds is 6. The van der Waals surface area contributed by atoms with E-state index in [4.69, 9.17) is 5.11 Å². The summed E-state index contributed by atoms with van der Waals surface area (Å²) in [6.45, 7) is -0.0817. The Bertz CT molecular complexity index is 421. The number of hydrogen-bond donors (Lipinski definition) is 1. The lowest BCUT2D eigenvalue weighted by Crippen LogP contribution is -2.10. The molecule has 1 N–H and O–H groups in total. The van der Waals surface area contributed by atoms with E-state index in [-0.39, 0.29) is 18.1 Å². The monoisotopic (exact) mass is 240 g/mol. The fourth-order valence-corrected chi connectivity index (χ4v) is 2.39. The number of aliphatic hydroxyl groups excluding tert-OH is 1. The molecule has 4 heteroatoms. The Kier molecular flexibility index (Phi) is 5.22. The number of aliphatic hydroxyl groups is 1. The van der Waals surface area contributed by atoms with Gasteiger partial charge in [0, 0.05) is 6.61 Å². The summed E-state index contributed by atoms with van der Waals surface area (Å²) < 4.78 is 22.8. The first-order valence-electron chi connectivity index (χ1n) is 5.17. The van der Waals surface area contributed by atoms with E-state index in [1.54, 1.807) is 12.2 Å². The van der Waals surface area contributed by atoms with E-state index in [1.807, 2.05) is 30.3 Å². The van der Waals surface area contributed by atoms with Crippen molar-refractivity contribution < 1.29 is 13.5 Å². The molecule has 1 rings (SSSR count). The van der Waals surface area contributed by atoms with Gasteiger partial charge in [0.05, 0.1) is 11.5 Å². The van der Waals surface area contributed by atoms with Gasteiger partial charge in [-0.2, -0.15) is 0 Å². The lowest BCUT2D eigenvalue weighted by atomic mass is 10.2. The summed E-state index contributed by atoms with van der Waals surface area (Å²) in [4.78, 5) is 0. The second-order valence-electron chi connectivity index (χ2n) is 3.50. The highest BCUT2D eigenvalue weighted by molar-refractivity contribution is 7.91. The molecule has 0 unspecified atom stereocenters. The second-order valence-corrected chi connectivity index (χ2v) is 5.73. The summed E-state index contributed by atoms with van der Waals surface area (Å²) in [5, 5.41) is 8.55. The fourth-order valence-electron chi connectivity index (χ4n) is 1.26. The zero-order valence-electron chi connectivity index (χ0n) is 9.04. The van der Waals surface area contributed by atoms with Crippen LogP contribution in [0.25, 0.3) is 6.08 Å². The molecular weight excluding hydrogens is 224 g/mol. The molecular formula is C12H16O3S. The number of benzene rings is 1. The van der Waals surface area contributed by atoms with E-state index < -0.39 is 9.84 Å². The van der Waals surface area contributed by atoms with Crippen LogP contribution in [0.5, 0.6) is 0 Å². The molecule has 16 heavy (non-hydrogen) atoms. The Morgan fingerprint density at radius 2 is 1.88 bits per heavy atom. The third-order valence-corrected chi connectivity index (χ3v) is 3.68. The van der Waals surface area contributed by atoms with E-state index in [0.717, 1.165) is 5.56 Å². The molecule has 0 bridgehead atoms. The Labute approximate surface area is 96.4 Å². The van der Waals surface area contributed by atoms with Gasteiger partial charge in [0.25, 0.3) is 0 Å². The van der Waals surface area contributed by atoms with Gasteiger partial charge in [-0.1, -0.05) is 42.5 Å². The molecule has 0 atom stereocenters. The first kappa shape index (κ1) is 12.9. The molecule has 0 aliphatic carbocycles. The summed E-state index contributed by atoms with van der Waals surface area (Å²) in [5.74, 6) is 0.0739. The Balaban J connectivity index is 2.48.